The van der Waals surface area contributed by atoms with Crippen molar-refractivity contribution in [3.05, 3.63) is 12.2 Å². The molecule has 1 fully saturated rings. The van der Waals surface area contributed by atoms with Crippen LogP contribution < -0.4 is 0 Å². The minimum Gasteiger partial charge on any atom is -0.433 e. The number of amides is 1. The summed E-state index contributed by atoms with van der Waals surface area (Å²) in [6.45, 7) is 8.38. The average molecular weight is 269 g/mol. The van der Waals surface area contributed by atoms with E-state index in [1.165, 1.54) is 12.2 Å². The Hall–Kier alpha value is -1.36. The van der Waals surface area contributed by atoms with E-state index >= 15 is 0 Å². The molecule has 1 unspecified atom stereocenters. The van der Waals surface area contributed by atoms with Gasteiger partial charge in [-0.2, -0.15) is 0 Å². The summed E-state index contributed by atoms with van der Waals surface area (Å²) in [4.78, 5) is 25.2. The van der Waals surface area contributed by atoms with Gasteiger partial charge in [-0.25, -0.2) is 4.79 Å². The fourth-order valence-electron chi connectivity index (χ4n) is 2.14. The molecule has 0 radical (unpaired) electrons. The highest BCUT2D eigenvalue weighted by atomic mass is 16.7. The van der Waals surface area contributed by atoms with Crippen molar-refractivity contribution in [2.45, 2.75) is 58.9 Å². The number of esters is 1. The van der Waals surface area contributed by atoms with Gasteiger partial charge in [0.1, 0.15) is 0 Å². The number of nitrogens with zero attached hydrogens (tertiary/aromatic N) is 1. The Labute approximate surface area is 114 Å². The Morgan fingerprint density at radius 2 is 1.84 bits per heavy atom. The molecule has 0 aromatic heterocycles. The van der Waals surface area contributed by atoms with Crippen LogP contribution in [0.4, 0.5) is 0 Å². The Morgan fingerprint density at radius 1 is 1.21 bits per heavy atom. The molecule has 0 aliphatic carbocycles. The monoisotopic (exact) mass is 269 g/mol. The lowest BCUT2D eigenvalue weighted by Crippen LogP contribution is -2.41. The summed E-state index contributed by atoms with van der Waals surface area (Å²) < 4.78 is 10.2. The van der Waals surface area contributed by atoms with Gasteiger partial charge in [-0.15, -0.1) is 0 Å². The van der Waals surface area contributed by atoms with Crippen LogP contribution in [0.25, 0.3) is 0 Å². The predicted molar refractivity (Wildman–Crippen MR) is 71.3 cm³/mol. The minimum absolute atomic E-state index is 0.0892. The van der Waals surface area contributed by atoms with Gasteiger partial charge in [0.05, 0.1) is 6.61 Å². The van der Waals surface area contributed by atoms with E-state index in [-0.39, 0.29) is 18.0 Å². The standard InChI is InChI=1S/C14H23NO4/c1-10(2)15(11(3)4)12(16)7-8-13(17)19-14-6-5-9-18-14/h7-8,10-11,14H,5-6,9H2,1-4H3/b8-7-. The second-order valence-corrected chi connectivity index (χ2v) is 5.15. The van der Waals surface area contributed by atoms with E-state index < -0.39 is 12.3 Å². The molecule has 1 amide bonds. The molecule has 1 atom stereocenters. The van der Waals surface area contributed by atoms with Crippen LogP contribution in [0.2, 0.25) is 0 Å². The van der Waals surface area contributed by atoms with Crippen LogP contribution in [-0.2, 0) is 19.1 Å². The van der Waals surface area contributed by atoms with Crippen molar-refractivity contribution in [1.29, 1.82) is 0 Å². The zero-order valence-electron chi connectivity index (χ0n) is 12.1. The maximum Gasteiger partial charge on any atom is 0.333 e. The van der Waals surface area contributed by atoms with Crippen LogP contribution in [0.15, 0.2) is 12.2 Å². The number of hydrogen-bond donors (Lipinski definition) is 0. The zero-order chi connectivity index (χ0) is 14.4. The maximum absolute atomic E-state index is 12.0. The van der Waals surface area contributed by atoms with Gasteiger partial charge in [0.2, 0.25) is 12.2 Å². The van der Waals surface area contributed by atoms with Crippen LogP contribution in [0.1, 0.15) is 40.5 Å². The van der Waals surface area contributed by atoms with E-state index in [0.29, 0.717) is 6.61 Å². The maximum atomic E-state index is 12.0. The molecule has 108 valence electrons. The quantitative estimate of drug-likeness (QED) is 0.565. The van der Waals surface area contributed by atoms with E-state index in [1.807, 2.05) is 27.7 Å². The van der Waals surface area contributed by atoms with Crippen molar-refractivity contribution in [2.24, 2.45) is 0 Å². The molecule has 1 aliphatic heterocycles. The molecule has 0 saturated carbocycles. The molecule has 0 aromatic rings. The van der Waals surface area contributed by atoms with Crippen LogP contribution in [0.5, 0.6) is 0 Å². The lowest BCUT2D eigenvalue weighted by Gasteiger charge is -2.29. The van der Waals surface area contributed by atoms with Gasteiger partial charge in [-0.05, 0) is 34.1 Å². The Balaban J connectivity index is 2.49. The SMILES string of the molecule is CC(C)N(C(=O)/C=C\C(=O)OC1CCCO1)C(C)C. The van der Waals surface area contributed by atoms with Crippen molar-refractivity contribution in [3.8, 4) is 0 Å². The molecular formula is C14H23NO4. The van der Waals surface area contributed by atoms with Gasteiger partial charge in [0, 0.05) is 30.7 Å². The fraction of sp³-hybridized carbons (Fsp3) is 0.714. The minimum atomic E-state index is -0.535. The molecule has 0 bridgehead atoms. The molecule has 0 N–H and O–H groups in total. The largest absolute Gasteiger partial charge is 0.433 e. The zero-order valence-corrected chi connectivity index (χ0v) is 12.1. The van der Waals surface area contributed by atoms with E-state index in [9.17, 15) is 9.59 Å². The summed E-state index contributed by atoms with van der Waals surface area (Å²) >= 11 is 0. The van der Waals surface area contributed by atoms with Crippen molar-refractivity contribution in [1.82, 2.24) is 4.90 Å². The number of ether oxygens (including phenoxy) is 2. The molecule has 1 aliphatic rings. The van der Waals surface area contributed by atoms with Gasteiger partial charge >= 0.3 is 5.97 Å². The highest BCUT2D eigenvalue weighted by Gasteiger charge is 2.20. The lowest BCUT2D eigenvalue weighted by atomic mass is 10.2. The van der Waals surface area contributed by atoms with Crippen LogP contribution in [0, 0.1) is 0 Å². The molecule has 0 spiro atoms. The van der Waals surface area contributed by atoms with Gasteiger partial charge in [0.15, 0.2) is 0 Å². The van der Waals surface area contributed by atoms with Crippen molar-refractivity contribution in [2.75, 3.05) is 6.61 Å². The predicted octanol–water partition coefficient (Wildman–Crippen LogP) is 1.87. The van der Waals surface area contributed by atoms with Crippen molar-refractivity contribution >= 4 is 11.9 Å². The number of carbonyl (C=O) groups excluding carboxylic acids is 2. The second-order valence-electron chi connectivity index (χ2n) is 5.15. The van der Waals surface area contributed by atoms with Crippen molar-refractivity contribution < 1.29 is 19.1 Å². The second kappa shape index (κ2) is 7.28. The Bertz CT molecular complexity index is 335. The first-order valence-corrected chi connectivity index (χ1v) is 6.74. The Morgan fingerprint density at radius 3 is 2.32 bits per heavy atom. The van der Waals surface area contributed by atoms with Gasteiger partial charge < -0.3 is 14.4 Å². The first-order valence-electron chi connectivity index (χ1n) is 6.74. The highest BCUT2D eigenvalue weighted by Crippen LogP contribution is 2.13. The van der Waals surface area contributed by atoms with E-state index in [1.54, 1.807) is 4.90 Å². The average Bonchev–Trinajstić information content (AvgIpc) is 2.78. The smallest absolute Gasteiger partial charge is 0.333 e. The number of carbonyl (C=O) groups is 2. The summed E-state index contributed by atoms with van der Waals surface area (Å²) in [5.74, 6) is -0.720. The molecule has 19 heavy (non-hydrogen) atoms. The molecule has 1 saturated heterocycles. The number of hydrogen-bond acceptors (Lipinski definition) is 4. The van der Waals surface area contributed by atoms with Gasteiger partial charge in [-0.1, -0.05) is 0 Å². The normalized spacial score (nSPS) is 19.4. The third-order valence-corrected chi connectivity index (χ3v) is 2.86. The molecule has 5 heteroatoms. The molecule has 1 rings (SSSR count). The van der Waals surface area contributed by atoms with Crippen molar-refractivity contribution in [3.63, 3.8) is 0 Å². The van der Waals surface area contributed by atoms with Crippen LogP contribution in [-0.4, -0.2) is 41.8 Å². The topological polar surface area (TPSA) is 55.8 Å². The molecule has 1 heterocycles. The first-order chi connectivity index (χ1) is 8.91. The van der Waals surface area contributed by atoms with Gasteiger partial charge in [-0.3, -0.25) is 4.79 Å². The fourth-order valence-corrected chi connectivity index (χ4v) is 2.14. The third-order valence-electron chi connectivity index (χ3n) is 2.86. The third kappa shape index (κ3) is 5.03. The number of rotatable bonds is 5. The van der Waals surface area contributed by atoms with Crippen LogP contribution >= 0.6 is 0 Å². The first kappa shape index (κ1) is 15.7. The summed E-state index contributed by atoms with van der Waals surface area (Å²) in [5, 5.41) is 0. The molecule has 0 aromatic carbocycles. The van der Waals surface area contributed by atoms with E-state index in [2.05, 4.69) is 0 Å². The summed E-state index contributed by atoms with van der Waals surface area (Å²) in [6, 6.07) is 0.178. The van der Waals surface area contributed by atoms with E-state index in [4.69, 9.17) is 9.47 Å². The molecular weight excluding hydrogens is 246 g/mol. The summed E-state index contributed by atoms with van der Waals surface area (Å²) in [7, 11) is 0. The molecule has 5 nitrogen and oxygen atoms in total. The van der Waals surface area contributed by atoms with Crippen LogP contribution in [0.3, 0.4) is 0 Å². The summed E-state index contributed by atoms with van der Waals surface area (Å²) in [5.41, 5.74) is 0. The Kier molecular flexibility index (Phi) is 6.02. The summed E-state index contributed by atoms with van der Waals surface area (Å²) in [6.07, 6.45) is 3.59. The van der Waals surface area contributed by atoms with Gasteiger partial charge in [0.25, 0.3) is 0 Å². The highest BCUT2D eigenvalue weighted by molar-refractivity contribution is 5.94. The van der Waals surface area contributed by atoms with E-state index in [0.717, 1.165) is 12.8 Å². The lowest BCUT2D eigenvalue weighted by molar-refractivity contribution is -0.163.